The first-order valence-electron chi connectivity index (χ1n) is 8.44. The van der Waals surface area contributed by atoms with Gasteiger partial charge in [-0.15, -0.1) is 0 Å². The van der Waals surface area contributed by atoms with E-state index in [1.807, 2.05) is 19.9 Å². The summed E-state index contributed by atoms with van der Waals surface area (Å²) in [6.07, 6.45) is 3.09. The molecule has 1 unspecified atom stereocenters. The second-order valence-electron chi connectivity index (χ2n) is 6.77. The highest BCUT2D eigenvalue weighted by Crippen LogP contribution is 2.37. The molecule has 0 spiro atoms. The molecule has 0 aliphatic heterocycles. The summed E-state index contributed by atoms with van der Waals surface area (Å²) < 4.78 is 11.1. The van der Waals surface area contributed by atoms with Crippen molar-refractivity contribution in [3.8, 4) is 5.75 Å². The molecule has 0 bridgehead atoms. The third-order valence-corrected chi connectivity index (χ3v) is 4.44. The quantitative estimate of drug-likeness (QED) is 0.768. The second kappa shape index (κ2) is 7.64. The summed E-state index contributed by atoms with van der Waals surface area (Å²) >= 11 is 0. The van der Waals surface area contributed by atoms with Gasteiger partial charge in [0.2, 0.25) is 5.91 Å². The van der Waals surface area contributed by atoms with Crippen LogP contribution in [0, 0.1) is 19.8 Å². The number of benzene rings is 1. The Kier molecular flexibility index (Phi) is 5.75. The molecule has 26 heavy (non-hydrogen) atoms. The van der Waals surface area contributed by atoms with Gasteiger partial charge in [-0.3, -0.25) is 4.79 Å². The fraction of sp³-hybridized carbons (Fsp3) is 0.400. The van der Waals surface area contributed by atoms with Crippen molar-refractivity contribution in [2.45, 2.75) is 40.7 Å². The topological polar surface area (TPSA) is 88.8 Å². The summed E-state index contributed by atoms with van der Waals surface area (Å²) in [5.74, 6) is -1.09. The summed E-state index contributed by atoms with van der Waals surface area (Å²) in [6, 6.07) is 0.991. The van der Waals surface area contributed by atoms with E-state index in [2.05, 4.69) is 5.32 Å². The SMILES string of the molecule is COc1c(/C(C)=C/C(=O)NC(C(=O)O)C(C)C)cc2c(C)coc2c1C. The zero-order valence-corrected chi connectivity index (χ0v) is 16.0. The highest BCUT2D eigenvalue weighted by Gasteiger charge is 2.23. The van der Waals surface area contributed by atoms with Crippen molar-refractivity contribution in [3.05, 3.63) is 35.1 Å². The van der Waals surface area contributed by atoms with Crippen molar-refractivity contribution in [1.29, 1.82) is 0 Å². The molecule has 2 aromatic rings. The summed E-state index contributed by atoms with van der Waals surface area (Å²) in [5, 5.41) is 12.7. The van der Waals surface area contributed by atoms with Crippen LogP contribution in [0.4, 0.5) is 0 Å². The minimum Gasteiger partial charge on any atom is -0.496 e. The predicted octanol–water partition coefficient (Wildman–Crippen LogP) is 3.69. The highest BCUT2D eigenvalue weighted by molar-refractivity contribution is 5.99. The van der Waals surface area contributed by atoms with Gasteiger partial charge in [0.25, 0.3) is 0 Å². The van der Waals surface area contributed by atoms with E-state index in [9.17, 15) is 14.7 Å². The lowest BCUT2D eigenvalue weighted by Gasteiger charge is -2.17. The molecule has 0 radical (unpaired) electrons. The van der Waals surface area contributed by atoms with Gasteiger partial charge in [-0.05, 0) is 43.9 Å². The van der Waals surface area contributed by atoms with E-state index in [0.717, 1.165) is 27.7 Å². The molecule has 2 N–H and O–H groups in total. The number of amides is 1. The number of carbonyl (C=O) groups excluding carboxylic acids is 1. The number of fused-ring (bicyclic) bond motifs is 1. The monoisotopic (exact) mass is 359 g/mol. The highest BCUT2D eigenvalue weighted by atomic mass is 16.5. The number of aryl methyl sites for hydroxylation is 2. The Bertz CT molecular complexity index is 876. The van der Waals surface area contributed by atoms with E-state index in [4.69, 9.17) is 9.15 Å². The molecule has 2 rings (SSSR count). The van der Waals surface area contributed by atoms with E-state index in [0.29, 0.717) is 11.3 Å². The third-order valence-electron chi connectivity index (χ3n) is 4.44. The van der Waals surface area contributed by atoms with Crippen LogP contribution < -0.4 is 10.1 Å². The van der Waals surface area contributed by atoms with Crippen LogP contribution in [0.2, 0.25) is 0 Å². The number of hydrogen-bond acceptors (Lipinski definition) is 4. The molecular formula is C20H25NO5. The summed E-state index contributed by atoms with van der Waals surface area (Å²) in [4.78, 5) is 23.6. The average molecular weight is 359 g/mol. The zero-order valence-electron chi connectivity index (χ0n) is 16.0. The van der Waals surface area contributed by atoms with Crippen molar-refractivity contribution in [2.75, 3.05) is 7.11 Å². The number of aliphatic carboxylic acids is 1. The van der Waals surface area contributed by atoms with Crippen LogP contribution in [0.3, 0.4) is 0 Å². The van der Waals surface area contributed by atoms with E-state index >= 15 is 0 Å². The molecule has 1 atom stereocenters. The Hall–Kier alpha value is -2.76. The number of hydrogen-bond donors (Lipinski definition) is 2. The van der Waals surface area contributed by atoms with Crippen molar-refractivity contribution < 1.29 is 23.8 Å². The predicted molar refractivity (Wildman–Crippen MR) is 100 cm³/mol. The first kappa shape index (κ1) is 19.6. The van der Waals surface area contributed by atoms with Gasteiger partial charge in [0.1, 0.15) is 17.4 Å². The fourth-order valence-electron chi connectivity index (χ4n) is 2.98. The average Bonchev–Trinajstić information content (AvgIpc) is 2.93. The molecule has 1 amide bonds. The maximum Gasteiger partial charge on any atom is 0.326 e. The van der Waals surface area contributed by atoms with Gasteiger partial charge in [-0.25, -0.2) is 4.79 Å². The van der Waals surface area contributed by atoms with Crippen molar-refractivity contribution >= 4 is 28.4 Å². The van der Waals surface area contributed by atoms with Gasteiger partial charge in [0.05, 0.1) is 13.4 Å². The smallest absolute Gasteiger partial charge is 0.326 e. The summed E-state index contributed by atoms with van der Waals surface area (Å²) in [7, 11) is 1.57. The minimum absolute atomic E-state index is 0.216. The van der Waals surface area contributed by atoms with Crippen molar-refractivity contribution in [2.24, 2.45) is 5.92 Å². The van der Waals surface area contributed by atoms with Crippen LogP contribution in [-0.4, -0.2) is 30.1 Å². The molecule has 0 aliphatic carbocycles. The fourth-order valence-corrected chi connectivity index (χ4v) is 2.98. The molecule has 0 aliphatic rings. The largest absolute Gasteiger partial charge is 0.496 e. The maximum absolute atomic E-state index is 12.3. The van der Waals surface area contributed by atoms with Crippen LogP contribution in [0.5, 0.6) is 5.75 Å². The van der Waals surface area contributed by atoms with Crippen molar-refractivity contribution in [1.82, 2.24) is 5.32 Å². The molecule has 6 heteroatoms. The number of methoxy groups -OCH3 is 1. The standard InChI is InChI=1S/C20H25NO5/c1-10(2)17(20(23)24)21-16(22)7-11(3)14-8-15-12(4)9-26-19(15)13(5)18(14)25-6/h7-10,17H,1-6H3,(H,21,22)(H,23,24)/b11-7+. The molecule has 0 saturated heterocycles. The van der Waals surface area contributed by atoms with Crippen LogP contribution >= 0.6 is 0 Å². The van der Waals surface area contributed by atoms with Crippen LogP contribution in [-0.2, 0) is 9.59 Å². The summed E-state index contributed by atoms with van der Waals surface area (Å²) in [5.41, 5.74) is 4.05. The molecule has 1 aromatic carbocycles. The number of rotatable bonds is 6. The first-order valence-corrected chi connectivity index (χ1v) is 8.44. The van der Waals surface area contributed by atoms with Crippen LogP contribution in [0.25, 0.3) is 16.5 Å². The number of carboxylic acid groups (broad SMARTS) is 1. The lowest BCUT2D eigenvalue weighted by Crippen LogP contribution is -2.43. The maximum atomic E-state index is 12.3. The lowest BCUT2D eigenvalue weighted by atomic mass is 9.98. The molecule has 140 valence electrons. The summed E-state index contributed by atoms with van der Waals surface area (Å²) in [6.45, 7) is 9.14. The number of nitrogens with one attached hydrogen (secondary N) is 1. The van der Waals surface area contributed by atoms with E-state index in [1.165, 1.54) is 6.08 Å². The second-order valence-corrected chi connectivity index (χ2v) is 6.77. The molecule has 0 fully saturated rings. The number of carbonyl (C=O) groups is 2. The molecule has 0 saturated carbocycles. The first-order chi connectivity index (χ1) is 12.2. The van der Waals surface area contributed by atoms with Gasteiger partial charge < -0.3 is 19.6 Å². The minimum atomic E-state index is -1.05. The molecular weight excluding hydrogens is 334 g/mol. The van der Waals surface area contributed by atoms with Gasteiger partial charge in [-0.1, -0.05) is 13.8 Å². The number of furan rings is 1. The van der Waals surface area contributed by atoms with Gasteiger partial charge >= 0.3 is 5.97 Å². The van der Waals surface area contributed by atoms with Gasteiger partial charge in [-0.2, -0.15) is 0 Å². The Morgan fingerprint density at radius 2 is 1.96 bits per heavy atom. The van der Waals surface area contributed by atoms with Gasteiger partial charge in [0, 0.05) is 22.6 Å². The number of allylic oxidation sites excluding steroid dienone is 1. The Balaban J connectivity index is 2.43. The molecule has 1 heterocycles. The Morgan fingerprint density at radius 1 is 1.31 bits per heavy atom. The van der Waals surface area contributed by atoms with Crippen molar-refractivity contribution in [3.63, 3.8) is 0 Å². The van der Waals surface area contributed by atoms with Crippen LogP contribution in [0.1, 0.15) is 37.5 Å². The number of ether oxygens (including phenoxy) is 1. The molecule has 1 aromatic heterocycles. The molecule has 6 nitrogen and oxygen atoms in total. The van der Waals surface area contributed by atoms with Gasteiger partial charge in [0.15, 0.2) is 0 Å². The Morgan fingerprint density at radius 3 is 2.50 bits per heavy atom. The van der Waals surface area contributed by atoms with E-state index in [1.54, 1.807) is 34.1 Å². The normalized spacial score (nSPS) is 13.1. The lowest BCUT2D eigenvalue weighted by molar-refractivity contribution is -0.142. The van der Waals surface area contributed by atoms with E-state index < -0.39 is 17.9 Å². The van der Waals surface area contributed by atoms with E-state index in [-0.39, 0.29) is 5.92 Å². The Labute approximate surface area is 152 Å². The third kappa shape index (κ3) is 3.74. The zero-order chi connectivity index (χ0) is 19.6. The number of carboxylic acids is 1. The van der Waals surface area contributed by atoms with Crippen LogP contribution in [0.15, 0.2) is 22.8 Å².